The van der Waals surface area contributed by atoms with E-state index in [1.807, 2.05) is 18.2 Å². The molecule has 1 aromatic rings. The van der Waals surface area contributed by atoms with E-state index in [-0.39, 0.29) is 0 Å². The fraction of sp³-hybridized carbons (Fsp3) is 0.333. The minimum atomic E-state index is -0.885. The van der Waals surface area contributed by atoms with Crippen molar-refractivity contribution in [3.63, 3.8) is 0 Å². The van der Waals surface area contributed by atoms with E-state index in [2.05, 4.69) is 23.3 Å². The molecular formula is C12H14OS. The van der Waals surface area contributed by atoms with Gasteiger partial charge in [-0.15, -0.1) is 0 Å². The van der Waals surface area contributed by atoms with Gasteiger partial charge in [0, 0.05) is 5.75 Å². The Balaban J connectivity index is 2.39. The van der Waals surface area contributed by atoms with Crippen LogP contribution in [-0.4, -0.2) is 10.7 Å². The van der Waals surface area contributed by atoms with Crippen molar-refractivity contribution in [1.29, 1.82) is 0 Å². The molecule has 0 saturated heterocycles. The molecule has 0 amide bonds. The fourth-order valence-electron chi connectivity index (χ4n) is 0.855. The van der Waals surface area contributed by atoms with Crippen molar-refractivity contribution in [2.24, 2.45) is 0 Å². The summed E-state index contributed by atoms with van der Waals surface area (Å²) in [5, 5.41) is 12.2. The van der Waals surface area contributed by atoms with Crippen LogP contribution in [0.3, 0.4) is 0 Å². The minimum Gasteiger partial charge on any atom is -0.378 e. The molecule has 1 aromatic carbocycles. The van der Waals surface area contributed by atoms with Crippen LogP contribution < -0.4 is 0 Å². The van der Waals surface area contributed by atoms with Gasteiger partial charge in [0.2, 0.25) is 0 Å². The van der Waals surface area contributed by atoms with Crippen LogP contribution in [0.5, 0.6) is 0 Å². The van der Waals surface area contributed by atoms with Crippen LogP contribution in [0.25, 0.3) is 0 Å². The van der Waals surface area contributed by atoms with Gasteiger partial charge in [-0.1, -0.05) is 48.0 Å². The number of hydrogen-bond acceptors (Lipinski definition) is 2. The maximum Gasteiger partial charge on any atom is 0.120 e. The second-order valence-electron chi connectivity index (χ2n) is 3.56. The molecular weight excluding hydrogens is 192 g/mol. The molecule has 1 N–H and O–H groups in total. The molecule has 1 nitrogen and oxygen atoms in total. The summed E-state index contributed by atoms with van der Waals surface area (Å²) in [6.07, 6.45) is 0. The summed E-state index contributed by atoms with van der Waals surface area (Å²) in [7, 11) is 0. The van der Waals surface area contributed by atoms with Crippen molar-refractivity contribution < 1.29 is 5.11 Å². The zero-order valence-electron chi connectivity index (χ0n) is 8.45. The standard InChI is InChI=1S/C12H14OS/c1-12(2,13)8-9-14-10-11-6-4-3-5-7-11/h3-7,13H,10H2,1-2H3. The molecule has 0 aliphatic carbocycles. The van der Waals surface area contributed by atoms with Gasteiger partial charge in [0.05, 0.1) is 0 Å². The van der Waals surface area contributed by atoms with Crippen molar-refractivity contribution >= 4 is 11.8 Å². The van der Waals surface area contributed by atoms with Gasteiger partial charge in [-0.2, -0.15) is 0 Å². The van der Waals surface area contributed by atoms with Crippen LogP contribution in [0.4, 0.5) is 0 Å². The van der Waals surface area contributed by atoms with Crippen LogP contribution in [0.15, 0.2) is 30.3 Å². The molecule has 0 atom stereocenters. The first-order valence-electron chi connectivity index (χ1n) is 4.48. The molecule has 0 aromatic heterocycles. The number of hydrogen-bond donors (Lipinski definition) is 1. The van der Waals surface area contributed by atoms with E-state index in [0.29, 0.717) is 0 Å². The van der Waals surface area contributed by atoms with Gasteiger partial charge in [-0.3, -0.25) is 0 Å². The summed E-state index contributed by atoms with van der Waals surface area (Å²) >= 11 is 1.51. The molecule has 0 aliphatic rings. The Hall–Kier alpha value is -0.910. The summed E-state index contributed by atoms with van der Waals surface area (Å²) in [6, 6.07) is 10.2. The third kappa shape index (κ3) is 4.96. The molecule has 0 unspecified atom stereocenters. The monoisotopic (exact) mass is 206 g/mol. The molecule has 74 valence electrons. The van der Waals surface area contributed by atoms with E-state index in [4.69, 9.17) is 0 Å². The molecule has 1 rings (SSSR count). The molecule has 0 bridgehead atoms. The summed E-state index contributed by atoms with van der Waals surface area (Å²) in [5.41, 5.74) is 0.367. The summed E-state index contributed by atoms with van der Waals surface area (Å²) in [6.45, 7) is 3.37. The van der Waals surface area contributed by atoms with Crippen molar-refractivity contribution in [3.05, 3.63) is 35.9 Å². The molecule has 0 aliphatic heterocycles. The van der Waals surface area contributed by atoms with E-state index >= 15 is 0 Å². The average Bonchev–Trinajstić information content (AvgIpc) is 2.13. The van der Waals surface area contributed by atoms with E-state index in [9.17, 15) is 5.11 Å². The summed E-state index contributed by atoms with van der Waals surface area (Å²) < 4.78 is 0. The van der Waals surface area contributed by atoms with Crippen LogP contribution in [0.2, 0.25) is 0 Å². The highest BCUT2D eigenvalue weighted by Crippen LogP contribution is 2.10. The Morgan fingerprint density at radius 1 is 1.29 bits per heavy atom. The first-order chi connectivity index (χ1) is 6.58. The topological polar surface area (TPSA) is 20.2 Å². The third-order valence-corrected chi connectivity index (χ3v) is 2.23. The van der Waals surface area contributed by atoms with Gasteiger partial charge in [-0.05, 0) is 24.7 Å². The Labute approximate surface area is 89.5 Å². The van der Waals surface area contributed by atoms with Gasteiger partial charge in [0.15, 0.2) is 0 Å². The van der Waals surface area contributed by atoms with Crippen molar-refractivity contribution in [2.45, 2.75) is 25.2 Å². The van der Waals surface area contributed by atoms with Crippen molar-refractivity contribution in [2.75, 3.05) is 0 Å². The lowest BCUT2D eigenvalue weighted by Gasteiger charge is -2.05. The number of benzene rings is 1. The normalized spacial score (nSPS) is 10.5. The smallest absolute Gasteiger partial charge is 0.120 e. The van der Waals surface area contributed by atoms with Gasteiger partial charge >= 0.3 is 0 Å². The Morgan fingerprint density at radius 2 is 1.93 bits per heavy atom. The van der Waals surface area contributed by atoms with Gasteiger partial charge < -0.3 is 5.11 Å². The van der Waals surface area contributed by atoms with Crippen LogP contribution in [0, 0.1) is 11.2 Å². The predicted octanol–water partition coefficient (Wildman–Crippen LogP) is 2.65. The second kappa shape index (κ2) is 5.09. The average molecular weight is 206 g/mol. The lowest BCUT2D eigenvalue weighted by molar-refractivity contribution is 0.144. The van der Waals surface area contributed by atoms with Crippen LogP contribution >= 0.6 is 11.8 Å². The van der Waals surface area contributed by atoms with Crippen LogP contribution in [-0.2, 0) is 5.75 Å². The van der Waals surface area contributed by atoms with Gasteiger partial charge in [-0.25, -0.2) is 0 Å². The summed E-state index contributed by atoms with van der Waals surface area (Å²) in [5.74, 6) is 3.63. The Morgan fingerprint density at radius 3 is 2.50 bits per heavy atom. The molecule has 0 spiro atoms. The molecule has 14 heavy (non-hydrogen) atoms. The van der Waals surface area contributed by atoms with Gasteiger partial charge in [0.25, 0.3) is 0 Å². The first kappa shape index (κ1) is 11.2. The van der Waals surface area contributed by atoms with E-state index < -0.39 is 5.60 Å². The van der Waals surface area contributed by atoms with Crippen LogP contribution in [0.1, 0.15) is 19.4 Å². The lowest BCUT2D eigenvalue weighted by Crippen LogP contribution is -2.14. The summed E-state index contributed by atoms with van der Waals surface area (Å²) in [4.78, 5) is 0. The quantitative estimate of drug-likeness (QED) is 0.751. The second-order valence-corrected chi connectivity index (χ2v) is 4.34. The zero-order chi connectivity index (χ0) is 10.4. The maximum absolute atomic E-state index is 9.33. The van der Waals surface area contributed by atoms with E-state index in [1.54, 1.807) is 13.8 Å². The predicted molar refractivity (Wildman–Crippen MR) is 61.8 cm³/mol. The highest BCUT2D eigenvalue weighted by molar-refractivity contribution is 8.03. The van der Waals surface area contributed by atoms with E-state index in [0.717, 1.165) is 5.75 Å². The number of aliphatic hydroxyl groups is 1. The molecule has 2 heteroatoms. The third-order valence-electron chi connectivity index (χ3n) is 1.51. The van der Waals surface area contributed by atoms with E-state index in [1.165, 1.54) is 17.3 Å². The first-order valence-corrected chi connectivity index (χ1v) is 5.47. The maximum atomic E-state index is 9.33. The van der Waals surface area contributed by atoms with Crippen molar-refractivity contribution in [1.82, 2.24) is 0 Å². The SMILES string of the molecule is CC(C)(O)C#CSCc1ccccc1. The largest absolute Gasteiger partial charge is 0.378 e. The molecule has 0 saturated carbocycles. The molecule has 0 fully saturated rings. The molecule has 0 radical (unpaired) electrons. The minimum absolute atomic E-state index is 0.865. The Kier molecular flexibility index (Phi) is 4.06. The highest BCUT2D eigenvalue weighted by atomic mass is 32.2. The lowest BCUT2D eigenvalue weighted by atomic mass is 10.2. The number of thioether (sulfide) groups is 1. The van der Waals surface area contributed by atoms with Gasteiger partial charge in [0.1, 0.15) is 5.60 Å². The number of rotatable bonds is 2. The molecule has 0 heterocycles. The van der Waals surface area contributed by atoms with Crippen molar-refractivity contribution in [3.8, 4) is 11.2 Å². The fourth-order valence-corrected chi connectivity index (χ4v) is 1.61. The zero-order valence-corrected chi connectivity index (χ0v) is 9.27. The highest BCUT2D eigenvalue weighted by Gasteiger charge is 2.05. The Bertz CT molecular complexity index is 327.